The summed E-state index contributed by atoms with van der Waals surface area (Å²) < 4.78 is 16.4. The highest BCUT2D eigenvalue weighted by atomic mass is 16.6. The lowest BCUT2D eigenvalue weighted by molar-refractivity contribution is 0.0447. The predicted molar refractivity (Wildman–Crippen MR) is 93.0 cm³/mol. The van der Waals surface area contributed by atoms with E-state index in [0.717, 1.165) is 5.75 Å². The number of aromatic nitrogens is 1. The van der Waals surface area contributed by atoms with Gasteiger partial charge in [0.25, 0.3) is 0 Å². The van der Waals surface area contributed by atoms with Crippen molar-refractivity contribution in [2.24, 2.45) is 0 Å². The van der Waals surface area contributed by atoms with Crippen LogP contribution in [0.5, 0.6) is 17.4 Å². The van der Waals surface area contributed by atoms with Crippen LogP contribution in [0.1, 0.15) is 10.4 Å². The molecule has 3 rings (SSSR count). The number of ether oxygens (including phenoxy) is 3. The number of pyridine rings is 1. The van der Waals surface area contributed by atoms with E-state index in [1.54, 1.807) is 30.5 Å². The van der Waals surface area contributed by atoms with E-state index >= 15 is 0 Å². The van der Waals surface area contributed by atoms with Crippen LogP contribution in [0, 0.1) is 0 Å². The number of esters is 1. The molecule has 2 aromatic carbocycles. The smallest absolute Gasteiger partial charge is 0.343 e. The minimum absolute atomic E-state index is 0.132. The number of benzene rings is 2. The van der Waals surface area contributed by atoms with Gasteiger partial charge in [0.1, 0.15) is 30.3 Å². The molecule has 0 amide bonds. The van der Waals surface area contributed by atoms with Gasteiger partial charge in [-0.3, -0.25) is 0 Å². The SMILES string of the molecule is O=C(OCCOc1ccccc1)c1cccnc1Oc1ccccc1. The molecule has 0 spiro atoms. The van der Waals surface area contributed by atoms with E-state index in [-0.39, 0.29) is 24.7 Å². The second-order valence-corrected chi connectivity index (χ2v) is 5.07. The summed E-state index contributed by atoms with van der Waals surface area (Å²) in [5.41, 5.74) is 0.270. The first-order chi connectivity index (χ1) is 12.3. The minimum Gasteiger partial charge on any atom is -0.490 e. The van der Waals surface area contributed by atoms with Crippen molar-refractivity contribution in [3.8, 4) is 17.4 Å². The van der Waals surface area contributed by atoms with Gasteiger partial charge in [-0.2, -0.15) is 0 Å². The standard InChI is InChI=1S/C20H17NO4/c22-20(24-15-14-23-16-8-3-1-4-9-16)18-12-7-13-21-19(18)25-17-10-5-2-6-11-17/h1-13H,14-15H2. The number of rotatable bonds is 7. The van der Waals surface area contributed by atoms with Crippen LogP contribution in [0.3, 0.4) is 0 Å². The molecule has 0 N–H and O–H groups in total. The fourth-order valence-electron chi connectivity index (χ4n) is 2.12. The van der Waals surface area contributed by atoms with E-state index in [1.165, 1.54) is 0 Å². The zero-order valence-corrected chi connectivity index (χ0v) is 13.5. The zero-order chi connectivity index (χ0) is 17.3. The molecule has 0 aliphatic carbocycles. The van der Waals surface area contributed by atoms with Gasteiger partial charge in [0.2, 0.25) is 5.88 Å². The first kappa shape index (κ1) is 16.5. The molecule has 0 unspecified atom stereocenters. The summed E-state index contributed by atoms with van der Waals surface area (Å²) in [4.78, 5) is 16.4. The van der Waals surface area contributed by atoms with Crippen LogP contribution in [0.2, 0.25) is 0 Å². The third-order valence-electron chi connectivity index (χ3n) is 3.28. The summed E-state index contributed by atoms with van der Waals surface area (Å²) in [5, 5.41) is 0. The molecule has 1 aromatic heterocycles. The van der Waals surface area contributed by atoms with E-state index in [0.29, 0.717) is 5.75 Å². The van der Waals surface area contributed by atoms with Crippen LogP contribution in [-0.2, 0) is 4.74 Å². The lowest BCUT2D eigenvalue weighted by Crippen LogP contribution is -2.13. The number of carbonyl (C=O) groups excluding carboxylic acids is 1. The van der Waals surface area contributed by atoms with E-state index < -0.39 is 5.97 Å². The van der Waals surface area contributed by atoms with E-state index in [4.69, 9.17) is 14.2 Å². The van der Waals surface area contributed by atoms with Crippen molar-refractivity contribution in [1.29, 1.82) is 0 Å². The van der Waals surface area contributed by atoms with Crippen LogP contribution < -0.4 is 9.47 Å². The Bertz CT molecular complexity index is 806. The maximum Gasteiger partial charge on any atom is 0.343 e. The van der Waals surface area contributed by atoms with Crippen molar-refractivity contribution >= 4 is 5.97 Å². The van der Waals surface area contributed by atoms with E-state index in [9.17, 15) is 4.79 Å². The molecular weight excluding hydrogens is 318 g/mol. The summed E-state index contributed by atoms with van der Waals surface area (Å²) in [6.45, 7) is 0.401. The zero-order valence-electron chi connectivity index (χ0n) is 13.5. The quantitative estimate of drug-likeness (QED) is 0.480. The van der Waals surface area contributed by atoms with Crippen LogP contribution in [0.25, 0.3) is 0 Å². The van der Waals surface area contributed by atoms with Crippen molar-refractivity contribution in [2.75, 3.05) is 13.2 Å². The molecular formula is C20H17NO4. The van der Waals surface area contributed by atoms with Gasteiger partial charge in [-0.05, 0) is 36.4 Å². The first-order valence-electron chi connectivity index (χ1n) is 7.86. The topological polar surface area (TPSA) is 57.7 Å². The molecule has 0 saturated carbocycles. The fourth-order valence-corrected chi connectivity index (χ4v) is 2.12. The molecule has 0 fully saturated rings. The maximum absolute atomic E-state index is 12.3. The van der Waals surface area contributed by atoms with Gasteiger partial charge in [0.15, 0.2) is 0 Å². The number of carbonyl (C=O) groups is 1. The summed E-state index contributed by atoms with van der Waals surface area (Å²) >= 11 is 0. The normalized spacial score (nSPS) is 10.1. The van der Waals surface area contributed by atoms with E-state index in [2.05, 4.69) is 4.98 Å². The lowest BCUT2D eigenvalue weighted by atomic mass is 10.2. The molecule has 5 heteroatoms. The highest BCUT2D eigenvalue weighted by molar-refractivity contribution is 5.91. The van der Waals surface area contributed by atoms with Crippen molar-refractivity contribution in [2.45, 2.75) is 0 Å². The summed E-state index contributed by atoms with van der Waals surface area (Å²) in [6.07, 6.45) is 1.56. The van der Waals surface area contributed by atoms with Crippen LogP contribution in [0.15, 0.2) is 79.0 Å². The fraction of sp³-hybridized carbons (Fsp3) is 0.100. The Morgan fingerprint density at radius 2 is 1.48 bits per heavy atom. The van der Waals surface area contributed by atoms with Crippen molar-refractivity contribution < 1.29 is 19.0 Å². The highest BCUT2D eigenvalue weighted by Gasteiger charge is 2.15. The second-order valence-electron chi connectivity index (χ2n) is 5.07. The Labute approximate surface area is 145 Å². The van der Waals surface area contributed by atoms with Crippen LogP contribution >= 0.6 is 0 Å². The molecule has 0 bridgehead atoms. The monoisotopic (exact) mass is 335 g/mol. The van der Waals surface area contributed by atoms with Crippen LogP contribution in [0.4, 0.5) is 0 Å². The Morgan fingerprint density at radius 1 is 0.800 bits per heavy atom. The van der Waals surface area contributed by atoms with Gasteiger partial charge in [-0.1, -0.05) is 36.4 Å². The summed E-state index contributed by atoms with van der Waals surface area (Å²) in [7, 11) is 0. The molecule has 0 aliphatic heterocycles. The maximum atomic E-state index is 12.3. The molecule has 0 saturated heterocycles. The Kier molecular flexibility index (Phi) is 5.61. The third-order valence-corrected chi connectivity index (χ3v) is 3.28. The minimum atomic E-state index is -0.504. The summed E-state index contributed by atoms with van der Waals surface area (Å²) in [6, 6.07) is 21.8. The van der Waals surface area contributed by atoms with Gasteiger partial charge in [0.05, 0.1) is 0 Å². The number of hydrogen-bond acceptors (Lipinski definition) is 5. The van der Waals surface area contributed by atoms with Gasteiger partial charge >= 0.3 is 5.97 Å². The molecule has 0 atom stereocenters. The van der Waals surface area contributed by atoms with Gasteiger partial charge in [-0.15, -0.1) is 0 Å². The summed E-state index contributed by atoms with van der Waals surface area (Å²) in [5.74, 6) is 1.04. The number of hydrogen-bond donors (Lipinski definition) is 0. The first-order valence-corrected chi connectivity index (χ1v) is 7.86. The Balaban J connectivity index is 1.57. The second kappa shape index (κ2) is 8.49. The van der Waals surface area contributed by atoms with E-state index in [1.807, 2.05) is 48.5 Å². The van der Waals surface area contributed by atoms with Crippen LogP contribution in [-0.4, -0.2) is 24.2 Å². The van der Waals surface area contributed by atoms with Crippen molar-refractivity contribution in [3.63, 3.8) is 0 Å². The van der Waals surface area contributed by atoms with Gasteiger partial charge in [-0.25, -0.2) is 9.78 Å². The lowest BCUT2D eigenvalue weighted by Gasteiger charge is -2.10. The van der Waals surface area contributed by atoms with Gasteiger partial charge in [0, 0.05) is 6.20 Å². The molecule has 0 radical (unpaired) electrons. The van der Waals surface area contributed by atoms with Crippen molar-refractivity contribution in [1.82, 2.24) is 4.98 Å². The molecule has 1 heterocycles. The molecule has 5 nitrogen and oxygen atoms in total. The Morgan fingerprint density at radius 3 is 2.20 bits per heavy atom. The molecule has 126 valence electrons. The Hall–Kier alpha value is -3.34. The van der Waals surface area contributed by atoms with Gasteiger partial charge < -0.3 is 14.2 Å². The highest BCUT2D eigenvalue weighted by Crippen LogP contribution is 2.23. The predicted octanol–water partition coefficient (Wildman–Crippen LogP) is 4.11. The third kappa shape index (κ3) is 4.81. The molecule has 3 aromatic rings. The number of nitrogens with zero attached hydrogens (tertiary/aromatic N) is 1. The average Bonchev–Trinajstić information content (AvgIpc) is 2.67. The largest absolute Gasteiger partial charge is 0.490 e. The van der Waals surface area contributed by atoms with Crippen molar-refractivity contribution in [3.05, 3.63) is 84.6 Å². The number of para-hydroxylation sites is 2. The molecule has 0 aliphatic rings. The average molecular weight is 335 g/mol. The molecule has 25 heavy (non-hydrogen) atoms.